The van der Waals surface area contributed by atoms with Crippen molar-refractivity contribution in [1.29, 1.82) is 0 Å². The Balaban J connectivity index is 2.20. The van der Waals surface area contributed by atoms with Crippen molar-refractivity contribution in [3.8, 4) is 10.6 Å². The van der Waals surface area contributed by atoms with Gasteiger partial charge in [-0.25, -0.2) is 14.6 Å². The maximum Gasteiger partial charge on any atom is 0.412 e. The molecule has 1 amide bonds. The van der Waals surface area contributed by atoms with Crippen LogP contribution in [0.5, 0.6) is 0 Å². The molecular formula is C21H28N2O4S. The number of anilines is 1. The Morgan fingerprint density at radius 2 is 1.82 bits per heavy atom. The average Bonchev–Trinajstić information content (AvgIpc) is 2.97. The monoisotopic (exact) mass is 404 g/mol. The zero-order chi connectivity index (χ0) is 20.9. The van der Waals surface area contributed by atoms with Crippen LogP contribution in [-0.2, 0) is 15.9 Å². The van der Waals surface area contributed by atoms with Gasteiger partial charge in [0.1, 0.15) is 10.6 Å². The summed E-state index contributed by atoms with van der Waals surface area (Å²) in [6.45, 7) is 11.7. The van der Waals surface area contributed by atoms with E-state index in [2.05, 4.69) is 24.1 Å². The third-order valence-electron chi connectivity index (χ3n) is 3.54. The highest BCUT2D eigenvalue weighted by molar-refractivity contribution is 7.15. The van der Waals surface area contributed by atoms with Crippen LogP contribution < -0.4 is 5.32 Å². The number of nitrogens with one attached hydrogen (secondary N) is 1. The SMILES string of the molecule is CCOC(=O)c1nc(-c2ccc(NC(=O)OC(C)(C)C)cc2)sc1CC(C)C. The molecule has 0 aliphatic rings. The molecule has 0 saturated heterocycles. The highest BCUT2D eigenvalue weighted by Crippen LogP contribution is 2.31. The van der Waals surface area contributed by atoms with Crippen molar-refractivity contribution < 1.29 is 19.1 Å². The molecule has 2 rings (SSSR count). The number of benzene rings is 1. The first kappa shape index (κ1) is 21.9. The lowest BCUT2D eigenvalue weighted by atomic mass is 10.1. The zero-order valence-electron chi connectivity index (χ0n) is 17.3. The fourth-order valence-corrected chi connectivity index (χ4v) is 3.73. The number of carbonyl (C=O) groups is 2. The lowest BCUT2D eigenvalue weighted by Crippen LogP contribution is -2.27. The van der Waals surface area contributed by atoms with Crippen molar-refractivity contribution in [1.82, 2.24) is 4.98 Å². The van der Waals surface area contributed by atoms with E-state index in [1.165, 1.54) is 11.3 Å². The summed E-state index contributed by atoms with van der Waals surface area (Å²) < 4.78 is 10.4. The van der Waals surface area contributed by atoms with Crippen LogP contribution in [0.25, 0.3) is 10.6 Å². The van der Waals surface area contributed by atoms with Crippen molar-refractivity contribution >= 4 is 29.1 Å². The molecule has 0 fully saturated rings. The van der Waals surface area contributed by atoms with Crippen molar-refractivity contribution in [2.75, 3.05) is 11.9 Å². The van der Waals surface area contributed by atoms with Gasteiger partial charge in [-0.2, -0.15) is 0 Å². The normalized spacial score (nSPS) is 11.4. The molecule has 152 valence electrons. The third-order valence-corrected chi connectivity index (χ3v) is 4.66. The van der Waals surface area contributed by atoms with Gasteiger partial charge in [0.05, 0.1) is 6.61 Å². The smallest absolute Gasteiger partial charge is 0.412 e. The van der Waals surface area contributed by atoms with Crippen molar-refractivity contribution in [2.24, 2.45) is 5.92 Å². The summed E-state index contributed by atoms with van der Waals surface area (Å²) in [6, 6.07) is 7.29. The Kier molecular flexibility index (Phi) is 7.18. The van der Waals surface area contributed by atoms with Gasteiger partial charge in [0.25, 0.3) is 0 Å². The molecule has 1 aromatic heterocycles. The van der Waals surface area contributed by atoms with Crippen molar-refractivity contribution in [2.45, 2.75) is 53.6 Å². The molecule has 2 aromatic rings. The number of aromatic nitrogens is 1. The number of carbonyl (C=O) groups excluding carboxylic acids is 2. The second kappa shape index (κ2) is 9.19. The van der Waals surface area contributed by atoms with E-state index in [4.69, 9.17) is 9.47 Å². The fourth-order valence-electron chi connectivity index (χ4n) is 2.46. The summed E-state index contributed by atoms with van der Waals surface area (Å²) in [7, 11) is 0. The zero-order valence-corrected chi connectivity index (χ0v) is 18.1. The van der Waals surface area contributed by atoms with Gasteiger partial charge < -0.3 is 9.47 Å². The van der Waals surface area contributed by atoms with Crippen LogP contribution in [0.15, 0.2) is 24.3 Å². The minimum Gasteiger partial charge on any atom is -0.461 e. The van der Waals surface area contributed by atoms with Gasteiger partial charge in [-0.3, -0.25) is 5.32 Å². The van der Waals surface area contributed by atoms with Gasteiger partial charge in [-0.1, -0.05) is 13.8 Å². The number of hydrogen-bond acceptors (Lipinski definition) is 6. The van der Waals surface area contributed by atoms with Crippen molar-refractivity contribution in [3.05, 3.63) is 34.8 Å². The molecule has 6 nitrogen and oxygen atoms in total. The average molecular weight is 405 g/mol. The van der Waals surface area contributed by atoms with Gasteiger partial charge in [0.2, 0.25) is 0 Å². The molecule has 0 aliphatic carbocycles. The summed E-state index contributed by atoms with van der Waals surface area (Å²) in [5.41, 5.74) is 1.34. The summed E-state index contributed by atoms with van der Waals surface area (Å²) in [5, 5.41) is 3.45. The van der Waals surface area contributed by atoms with E-state index in [1.807, 2.05) is 32.9 Å². The van der Waals surface area contributed by atoms with Gasteiger partial charge in [0.15, 0.2) is 5.69 Å². The predicted octanol–water partition coefficient (Wildman–Crippen LogP) is 5.53. The van der Waals surface area contributed by atoms with Crippen LogP contribution in [0.1, 0.15) is 56.9 Å². The molecule has 0 saturated carbocycles. The molecule has 0 spiro atoms. The van der Waals surface area contributed by atoms with E-state index in [9.17, 15) is 9.59 Å². The number of hydrogen-bond donors (Lipinski definition) is 1. The molecule has 1 aromatic carbocycles. The number of thiazole rings is 1. The van der Waals surface area contributed by atoms with E-state index in [-0.39, 0.29) is 5.97 Å². The maximum absolute atomic E-state index is 12.2. The number of esters is 1. The predicted molar refractivity (Wildman–Crippen MR) is 112 cm³/mol. The minimum atomic E-state index is -0.554. The Bertz CT molecular complexity index is 820. The number of rotatable bonds is 6. The molecule has 0 unspecified atom stereocenters. The largest absolute Gasteiger partial charge is 0.461 e. The van der Waals surface area contributed by atoms with E-state index in [1.54, 1.807) is 19.1 Å². The Hall–Kier alpha value is -2.41. The van der Waals surface area contributed by atoms with Crippen LogP contribution in [0.4, 0.5) is 10.5 Å². The highest BCUT2D eigenvalue weighted by Gasteiger charge is 2.21. The van der Waals surface area contributed by atoms with Crippen LogP contribution in [0.3, 0.4) is 0 Å². The van der Waals surface area contributed by atoms with Crippen LogP contribution in [-0.4, -0.2) is 29.3 Å². The van der Waals surface area contributed by atoms with E-state index < -0.39 is 11.7 Å². The van der Waals surface area contributed by atoms with Crippen molar-refractivity contribution in [3.63, 3.8) is 0 Å². The van der Waals surface area contributed by atoms with E-state index in [0.29, 0.717) is 23.9 Å². The molecule has 0 radical (unpaired) electrons. The van der Waals surface area contributed by atoms with E-state index in [0.717, 1.165) is 21.9 Å². The summed E-state index contributed by atoms with van der Waals surface area (Å²) >= 11 is 1.50. The first-order valence-electron chi connectivity index (χ1n) is 9.36. The minimum absolute atomic E-state index is 0.317. The second-order valence-electron chi connectivity index (χ2n) is 7.81. The quantitative estimate of drug-likeness (QED) is 0.640. The lowest BCUT2D eigenvalue weighted by molar-refractivity contribution is 0.0518. The summed E-state index contributed by atoms with van der Waals surface area (Å²) in [4.78, 5) is 29.6. The van der Waals surface area contributed by atoms with E-state index >= 15 is 0 Å². The standard InChI is InChI=1S/C21H28N2O4S/c1-7-26-19(24)17-16(12-13(2)3)28-18(23-17)14-8-10-15(11-9-14)22-20(25)27-21(4,5)6/h8-11,13H,7,12H2,1-6H3,(H,22,25). The first-order chi connectivity index (χ1) is 13.1. The Morgan fingerprint density at radius 3 is 2.36 bits per heavy atom. The second-order valence-corrected chi connectivity index (χ2v) is 8.90. The topological polar surface area (TPSA) is 77.5 Å². The van der Waals surface area contributed by atoms with Gasteiger partial charge in [0, 0.05) is 16.1 Å². The number of nitrogens with zero attached hydrogens (tertiary/aromatic N) is 1. The van der Waals surface area contributed by atoms with Gasteiger partial charge in [-0.15, -0.1) is 11.3 Å². The first-order valence-corrected chi connectivity index (χ1v) is 10.2. The molecule has 0 bridgehead atoms. The summed E-state index contributed by atoms with van der Waals surface area (Å²) in [6.07, 6.45) is 0.266. The molecule has 0 atom stereocenters. The molecule has 1 heterocycles. The lowest BCUT2D eigenvalue weighted by Gasteiger charge is -2.19. The highest BCUT2D eigenvalue weighted by atomic mass is 32.1. The Morgan fingerprint density at radius 1 is 1.18 bits per heavy atom. The maximum atomic E-state index is 12.2. The number of amides is 1. The molecule has 7 heteroatoms. The van der Waals surface area contributed by atoms with Gasteiger partial charge >= 0.3 is 12.1 Å². The van der Waals surface area contributed by atoms with Gasteiger partial charge in [-0.05, 0) is 64.3 Å². The van der Waals surface area contributed by atoms with Crippen LogP contribution in [0.2, 0.25) is 0 Å². The number of ether oxygens (including phenoxy) is 2. The molecule has 28 heavy (non-hydrogen) atoms. The molecule has 0 aliphatic heterocycles. The molecular weight excluding hydrogens is 376 g/mol. The van der Waals surface area contributed by atoms with Crippen LogP contribution in [0, 0.1) is 5.92 Å². The van der Waals surface area contributed by atoms with Crippen LogP contribution >= 0.6 is 11.3 Å². The summed E-state index contributed by atoms with van der Waals surface area (Å²) in [5.74, 6) is 0.0192. The molecule has 1 N–H and O–H groups in total. The Labute approximate surface area is 170 Å². The third kappa shape index (κ3) is 6.34. The fraction of sp³-hybridized carbons (Fsp3) is 0.476.